The van der Waals surface area contributed by atoms with Crippen LogP contribution in [0.15, 0.2) is 22.7 Å². The Morgan fingerprint density at radius 1 is 1.45 bits per heavy atom. The van der Waals surface area contributed by atoms with E-state index >= 15 is 0 Å². The maximum atomic E-state index is 12.4. The molecule has 1 amide bonds. The summed E-state index contributed by atoms with van der Waals surface area (Å²) in [5.41, 5.74) is 2.01. The Labute approximate surface area is 126 Å². The van der Waals surface area contributed by atoms with E-state index < -0.39 is 12.0 Å². The zero-order chi connectivity index (χ0) is 14.9. The normalized spacial score (nSPS) is 15.8. The summed E-state index contributed by atoms with van der Waals surface area (Å²) >= 11 is 3.45. The first-order valence-electron chi connectivity index (χ1n) is 6.69. The van der Waals surface area contributed by atoms with Crippen molar-refractivity contribution in [2.75, 3.05) is 0 Å². The molecule has 1 aromatic rings. The van der Waals surface area contributed by atoms with E-state index in [-0.39, 0.29) is 18.4 Å². The van der Waals surface area contributed by atoms with Crippen LogP contribution in [0, 0.1) is 6.92 Å². The molecule has 0 aliphatic heterocycles. The number of benzene rings is 1. The highest BCUT2D eigenvalue weighted by atomic mass is 79.9. The van der Waals surface area contributed by atoms with E-state index in [1.807, 2.05) is 25.1 Å². The Morgan fingerprint density at radius 2 is 2.10 bits per heavy atom. The first kappa shape index (κ1) is 15.0. The monoisotopic (exact) mass is 339 g/mol. The smallest absolute Gasteiger partial charge is 0.326 e. The van der Waals surface area contributed by atoms with Gasteiger partial charge < -0.3 is 10.0 Å². The molecular weight excluding hydrogens is 322 g/mol. The van der Waals surface area contributed by atoms with Gasteiger partial charge in [0.2, 0.25) is 5.91 Å². The number of nitrogens with zero attached hydrogens (tertiary/aromatic N) is 1. The molecule has 1 aliphatic rings. The SMILES string of the molecule is Cc1ccc(CC(=O)N(C2CC2)C(C)C(=O)O)cc1Br. The van der Waals surface area contributed by atoms with Crippen molar-refractivity contribution in [3.8, 4) is 0 Å². The van der Waals surface area contributed by atoms with Crippen LogP contribution in [0.4, 0.5) is 0 Å². The van der Waals surface area contributed by atoms with Crippen LogP contribution < -0.4 is 0 Å². The minimum Gasteiger partial charge on any atom is -0.480 e. The molecule has 2 rings (SSSR count). The largest absolute Gasteiger partial charge is 0.480 e. The Morgan fingerprint density at radius 3 is 2.60 bits per heavy atom. The molecule has 1 fully saturated rings. The molecule has 1 aromatic carbocycles. The molecule has 5 heteroatoms. The lowest BCUT2D eigenvalue weighted by Gasteiger charge is -2.26. The summed E-state index contributed by atoms with van der Waals surface area (Å²) in [6.45, 7) is 3.56. The number of carboxylic acids is 1. The lowest BCUT2D eigenvalue weighted by atomic mass is 10.1. The topological polar surface area (TPSA) is 57.6 Å². The van der Waals surface area contributed by atoms with E-state index in [0.717, 1.165) is 28.4 Å². The highest BCUT2D eigenvalue weighted by Crippen LogP contribution is 2.29. The average Bonchev–Trinajstić information content (AvgIpc) is 3.18. The lowest BCUT2D eigenvalue weighted by molar-refractivity contribution is -0.149. The summed E-state index contributed by atoms with van der Waals surface area (Å²) in [5.74, 6) is -1.06. The van der Waals surface area contributed by atoms with Gasteiger partial charge in [0, 0.05) is 10.5 Å². The molecular formula is C15H18BrNO3. The van der Waals surface area contributed by atoms with Crippen LogP contribution in [0.25, 0.3) is 0 Å². The number of hydrogen-bond donors (Lipinski definition) is 1. The van der Waals surface area contributed by atoms with Gasteiger partial charge in [-0.3, -0.25) is 4.79 Å². The van der Waals surface area contributed by atoms with Crippen molar-refractivity contribution in [3.05, 3.63) is 33.8 Å². The van der Waals surface area contributed by atoms with E-state index in [1.165, 1.54) is 4.90 Å². The second-order valence-electron chi connectivity index (χ2n) is 5.31. The molecule has 0 bridgehead atoms. The number of aryl methyl sites for hydroxylation is 1. The van der Waals surface area contributed by atoms with E-state index in [4.69, 9.17) is 5.11 Å². The third kappa shape index (κ3) is 3.39. The summed E-state index contributed by atoms with van der Waals surface area (Å²) in [4.78, 5) is 25.0. The molecule has 4 nitrogen and oxygen atoms in total. The average molecular weight is 340 g/mol. The summed E-state index contributed by atoms with van der Waals surface area (Å²) < 4.78 is 0.965. The van der Waals surface area contributed by atoms with Gasteiger partial charge in [0.15, 0.2) is 0 Å². The summed E-state index contributed by atoms with van der Waals surface area (Å²) in [5, 5.41) is 9.12. The van der Waals surface area contributed by atoms with Crippen LogP contribution in [-0.2, 0) is 16.0 Å². The molecule has 108 valence electrons. The molecule has 0 radical (unpaired) electrons. The summed E-state index contributed by atoms with van der Waals surface area (Å²) in [7, 11) is 0. The molecule has 0 spiro atoms. The van der Waals surface area contributed by atoms with E-state index in [1.54, 1.807) is 6.92 Å². The molecule has 0 heterocycles. The van der Waals surface area contributed by atoms with Gasteiger partial charge in [-0.05, 0) is 43.9 Å². The Balaban J connectivity index is 2.12. The number of halogens is 1. The van der Waals surface area contributed by atoms with Gasteiger partial charge in [0.25, 0.3) is 0 Å². The third-order valence-corrected chi connectivity index (χ3v) is 4.45. The van der Waals surface area contributed by atoms with Gasteiger partial charge in [-0.25, -0.2) is 4.79 Å². The number of aliphatic carboxylic acids is 1. The maximum Gasteiger partial charge on any atom is 0.326 e. The first-order valence-corrected chi connectivity index (χ1v) is 7.48. The van der Waals surface area contributed by atoms with Crippen molar-refractivity contribution < 1.29 is 14.7 Å². The fraction of sp³-hybridized carbons (Fsp3) is 0.467. The van der Waals surface area contributed by atoms with E-state index in [2.05, 4.69) is 15.9 Å². The molecule has 1 aliphatic carbocycles. The van der Waals surface area contributed by atoms with Crippen molar-refractivity contribution in [3.63, 3.8) is 0 Å². The Kier molecular flexibility index (Phi) is 4.48. The Hall–Kier alpha value is -1.36. The van der Waals surface area contributed by atoms with Crippen LogP contribution in [0.3, 0.4) is 0 Å². The van der Waals surface area contributed by atoms with Gasteiger partial charge >= 0.3 is 5.97 Å². The maximum absolute atomic E-state index is 12.4. The molecule has 0 saturated heterocycles. The quantitative estimate of drug-likeness (QED) is 0.897. The number of carbonyl (C=O) groups is 2. The second kappa shape index (κ2) is 5.95. The predicted octanol–water partition coefficient (Wildman–Crippen LogP) is 2.76. The molecule has 1 atom stereocenters. The van der Waals surface area contributed by atoms with Gasteiger partial charge in [0.1, 0.15) is 6.04 Å². The first-order chi connectivity index (χ1) is 9.40. The van der Waals surface area contributed by atoms with Gasteiger partial charge in [-0.2, -0.15) is 0 Å². The zero-order valence-electron chi connectivity index (χ0n) is 11.6. The van der Waals surface area contributed by atoms with Gasteiger partial charge in [-0.1, -0.05) is 28.1 Å². The molecule has 1 unspecified atom stereocenters. The molecule has 1 N–H and O–H groups in total. The highest BCUT2D eigenvalue weighted by molar-refractivity contribution is 9.10. The zero-order valence-corrected chi connectivity index (χ0v) is 13.2. The van der Waals surface area contributed by atoms with Crippen molar-refractivity contribution in [2.45, 2.75) is 45.2 Å². The van der Waals surface area contributed by atoms with Crippen LogP contribution >= 0.6 is 15.9 Å². The number of rotatable bonds is 5. The van der Waals surface area contributed by atoms with Crippen molar-refractivity contribution >= 4 is 27.8 Å². The fourth-order valence-corrected chi connectivity index (χ4v) is 2.65. The highest BCUT2D eigenvalue weighted by Gasteiger charge is 2.38. The van der Waals surface area contributed by atoms with E-state index in [9.17, 15) is 9.59 Å². The van der Waals surface area contributed by atoms with E-state index in [0.29, 0.717) is 0 Å². The number of carboxylic acid groups (broad SMARTS) is 1. The lowest BCUT2D eigenvalue weighted by Crippen LogP contribution is -2.45. The fourth-order valence-electron chi connectivity index (χ4n) is 2.22. The van der Waals surface area contributed by atoms with Gasteiger partial charge in [0.05, 0.1) is 6.42 Å². The summed E-state index contributed by atoms with van der Waals surface area (Å²) in [6, 6.07) is 5.12. The second-order valence-corrected chi connectivity index (χ2v) is 6.16. The van der Waals surface area contributed by atoms with Crippen molar-refractivity contribution in [1.29, 1.82) is 0 Å². The van der Waals surface area contributed by atoms with Crippen molar-refractivity contribution in [1.82, 2.24) is 4.90 Å². The molecule has 0 aromatic heterocycles. The van der Waals surface area contributed by atoms with Crippen LogP contribution in [0.1, 0.15) is 30.9 Å². The molecule has 1 saturated carbocycles. The van der Waals surface area contributed by atoms with Crippen LogP contribution in [0.5, 0.6) is 0 Å². The predicted molar refractivity (Wildman–Crippen MR) is 79.5 cm³/mol. The third-order valence-electron chi connectivity index (χ3n) is 3.59. The summed E-state index contributed by atoms with van der Waals surface area (Å²) in [6.07, 6.45) is 2.05. The number of hydrogen-bond acceptors (Lipinski definition) is 2. The van der Waals surface area contributed by atoms with Crippen molar-refractivity contribution in [2.24, 2.45) is 0 Å². The standard InChI is InChI=1S/C15H18BrNO3/c1-9-3-4-11(7-13(9)16)8-14(18)17(12-5-6-12)10(2)15(19)20/h3-4,7,10,12H,5-6,8H2,1-2H3,(H,19,20). The Bertz CT molecular complexity index is 540. The number of amides is 1. The van der Waals surface area contributed by atoms with Gasteiger partial charge in [-0.15, -0.1) is 0 Å². The van der Waals surface area contributed by atoms with Crippen LogP contribution in [0.2, 0.25) is 0 Å². The minimum absolute atomic E-state index is 0.0995. The molecule has 20 heavy (non-hydrogen) atoms. The minimum atomic E-state index is -0.949. The van der Waals surface area contributed by atoms with Crippen LogP contribution in [-0.4, -0.2) is 34.0 Å². The number of carbonyl (C=O) groups excluding carboxylic acids is 1.